The molecule has 3 aliphatic rings. The van der Waals surface area contributed by atoms with Crippen molar-refractivity contribution < 1.29 is 29.0 Å². The number of ketones is 1. The Morgan fingerprint density at radius 1 is 1.08 bits per heavy atom. The first kappa shape index (κ1) is 24.3. The maximum atomic E-state index is 14.0. The van der Waals surface area contributed by atoms with Gasteiger partial charge in [-0.25, -0.2) is 4.90 Å². The molecule has 38 heavy (non-hydrogen) atoms. The number of anilines is 1. The van der Waals surface area contributed by atoms with Crippen LogP contribution in [0.5, 0.6) is 5.75 Å². The molecule has 0 aromatic heterocycles. The van der Waals surface area contributed by atoms with Gasteiger partial charge < -0.3 is 14.6 Å². The van der Waals surface area contributed by atoms with E-state index in [-0.39, 0.29) is 24.7 Å². The van der Waals surface area contributed by atoms with Crippen LogP contribution in [0.25, 0.3) is 10.8 Å². The number of hydrogen-bond donors (Lipinski definition) is 1. The van der Waals surface area contributed by atoms with Gasteiger partial charge in [-0.1, -0.05) is 24.3 Å². The van der Waals surface area contributed by atoms with Crippen molar-refractivity contribution in [1.29, 1.82) is 5.26 Å². The average molecular weight is 511 g/mol. The molecule has 0 saturated carbocycles. The van der Waals surface area contributed by atoms with Crippen LogP contribution in [-0.2, 0) is 14.3 Å². The highest BCUT2D eigenvalue weighted by atomic mass is 16.6. The normalized spacial score (nSPS) is 29.5. The molecule has 192 valence electrons. The number of carbonyl (C=O) groups excluding carboxylic acids is 3. The third-order valence-corrected chi connectivity index (χ3v) is 8.43. The number of Topliss-reactive ketones (excluding diaryl/α,β-unsaturated/α-hetero) is 1. The Labute approximate surface area is 219 Å². The highest BCUT2D eigenvalue weighted by Gasteiger charge is 2.77. The zero-order valence-electron chi connectivity index (χ0n) is 21.0. The Balaban J connectivity index is 1.32. The van der Waals surface area contributed by atoms with Gasteiger partial charge in [0.1, 0.15) is 11.4 Å². The summed E-state index contributed by atoms with van der Waals surface area (Å²) < 4.78 is 12.3. The van der Waals surface area contributed by atoms with E-state index in [0.29, 0.717) is 39.8 Å². The quantitative estimate of drug-likeness (QED) is 0.396. The standard InChI is InChI=1S/C30H26N2O6/c1-17(33)18-7-10-20(11-8-18)37-14-13-30-15-24(34)29(2,38-30)25-26(30)28(36)32(27(25)35)23-12-9-19(16-31)21-5-3-4-6-22(21)23/h3-12,24-26,34H,13-15H2,1-2H3/t24?,25-,26+,29-,30+/m1/s1. The minimum Gasteiger partial charge on any atom is -0.493 e. The summed E-state index contributed by atoms with van der Waals surface area (Å²) in [6.45, 7) is 3.40. The van der Waals surface area contributed by atoms with Gasteiger partial charge in [0.25, 0.3) is 0 Å². The fraction of sp³-hybridized carbons (Fsp3) is 0.333. The molecule has 8 heteroatoms. The fourth-order valence-corrected chi connectivity index (χ4v) is 6.56. The van der Waals surface area contributed by atoms with Crippen molar-refractivity contribution in [3.63, 3.8) is 0 Å². The van der Waals surface area contributed by atoms with Gasteiger partial charge in [0.15, 0.2) is 5.78 Å². The van der Waals surface area contributed by atoms with E-state index in [4.69, 9.17) is 9.47 Å². The number of imide groups is 1. The van der Waals surface area contributed by atoms with Gasteiger partial charge in [0, 0.05) is 29.2 Å². The predicted octanol–water partition coefficient (Wildman–Crippen LogP) is 3.78. The second kappa shape index (κ2) is 8.48. The molecule has 3 aliphatic heterocycles. The SMILES string of the molecule is CC(=O)c1ccc(OCC[C@@]23CC(O)[C@@](C)(O2)[C@H]2C(=O)N(c4ccc(C#N)c5ccccc45)C(=O)[C@H]23)cc1. The lowest BCUT2D eigenvalue weighted by atomic mass is 9.66. The molecule has 1 N–H and O–H groups in total. The van der Waals surface area contributed by atoms with Gasteiger partial charge in [-0.05, 0) is 50.2 Å². The molecule has 3 saturated heterocycles. The first-order valence-corrected chi connectivity index (χ1v) is 12.6. The number of amides is 2. The molecular weight excluding hydrogens is 484 g/mol. The molecule has 5 atom stereocenters. The van der Waals surface area contributed by atoms with Crippen LogP contribution in [0.1, 0.15) is 42.6 Å². The highest BCUT2D eigenvalue weighted by Crippen LogP contribution is 2.62. The van der Waals surface area contributed by atoms with Crippen LogP contribution in [0.2, 0.25) is 0 Å². The summed E-state index contributed by atoms with van der Waals surface area (Å²) in [6, 6.07) is 19.4. The van der Waals surface area contributed by atoms with Gasteiger partial charge >= 0.3 is 0 Å². The number of nitriles is 1. The van der Waals surface area contributed by atoms with Gasteiger partial charge in [-0.15, -0.1) is 0 Å². The number of aliphatic hydroxyl groups excluding tert-OH is 1. The van der Waals surface area contributed by atoms with E-state index in [2.05, 4.69) is 6.07 Å². The number of hydrogen-bond acceptors (Lipinski definition) is 7. The average Bonchev–Trinajstić information content (AvgIpc) is 3.44. The number of aliphatic hydroxyl groups is 1. The van der Waals surface area contributed by atoms with Crippen LogP contribution >= 0.6 is 0 Å². The molecule has 3 heterocycles. The number of nitrogens with zero attached hydrogens (tertiary/aromatic N) is 2. The summed E-state index contributed by atoms with van der Waals surface area (Å²) in [5, 5.41) is 21.8. The molecular formula is C30H26N2O6. The van der Waals surface area contributed by atoms with E-state index in [9.17, 15) is 24.8 Å². The summed E-state index contributed by atoms with van der Waals surface area (Å²) in [7, 11) is 0. The van der Waals surface area contributed by atoms with Crippen LogP contribution in [0.15, 0.2) is 60.7 Å². The number of carbonyl (C=O) groups is 3. The van der Waals surface area contributed by atoms with Crippen molar-refractivity contribution in [2.45, 2.75) is 44.0 Å². The Morgan fingerprint density at radius 2 is 1.76 bits per heavy atom. The zero-order valence-corrected chi connectivity index (χ0v) is 21.0. The zero-order chi connectivity index (χ0) is 26.8. The lowest BCUT2D eigenvalue weighted by Crippen LogP contribution is -2.49. The van der Waals surface area contributed by atoms with Crippen molar-refractivity contribution in [1.82, 2.24) is 0 Å². The minimum atomic E-state index is -1.20. The molecule has 3 fully saturated rings. The molecule has 2 bridgehead atoms. The number of fused-ring (bicyclic) bond motifs is 6. The van der Waals surface area contributed by atoms with Crippen molar-refractivity contribution in [2.24, 2.45) is 11.8 Å². The van der Waals surface area contributed by atoms with Crippen LogP contribution in [0.3, 0.4) is 0 Å². The maximum Gasteiger partial charge on any atom is 0.240 e. The Kier molecular flexibility index (Phi) is 5.42. The molecule has 1 unspecified atom stereocenters. The third kappa shape index (κ3) is 3.32. The molecule has 0 radical (unpaired) electrons. The summed E-state index contributed by atoms with van der Waals surface area (Å²) >= 11 is 0. The second-order valence-electron chi connectivity index (χ2n) is 10.5. The minimum absolute atomic E-state index is 0.0379. The molecule has 2 amide bonds. The van der Waals surface area contributed by atoms with Gasteiger partial charge in [0.2, 0.25) is 11.8 Å². The third-order valence-electron chi connectivity index (χ3n) is 8.43. The van der Waals surface area contributed by atoms with Crippen molar-refractivity contribution in [3.8, 4) is 11.8 Å². The molecule has 0 spiro atoms. The molecule has 3 aromatic rings. The highest BCUT2D eigenvalue weighted by molar-refractivity contribution is 6.26. The molecule has 6 rings (SSSR count). The number of benzene rings is 3. The lowest BCUT2D eigenvalue weighted by molar-refractivity contribution is -0.134. The van der Waals surface area contributed by atoms with Crippen LogP contribution in [0, 0.1) is 23.2 Å². The van der Waals surface area contributed by atoms with Crippen LogP contribution in [-0.4, -0.2) is 46.6 Å². The second-order valence-corrected chi connectivity index (χ2v) is 10.5. The summed E-state index contributed by atoms with van der Waals surface area (Å²) in [6.07, 6.45) is -0.387. The van der Waals surface area contributed by atoms with Crippen molar-refractivity contribution >= 4 is 34.1 Å². The topological polar surface area (TPSA) is 117 Å². The summed E-state index contributed by atoms with van der Waals surface area (Å²) in [4.78, 5) is 40.6. The van der Waals surface area contributed by atoms with Crippen LogP contribution in [0.4, 0.5) is 5.69 Å². The summed E-state index contributed by atoms with van der Waals surface area (Å²) in [5.74, 6) is -1.83. The molecule has 8 nitrogen and oxygen atoms in total. The summed E-state index contributed by atoms with van der Waals surface area (Å²) in [5.41, 5.74) is -0.782. The first-order chi connectivity index (χ1) is 18.2. The predicted molar refractivity (Wildman–Crippen MR) is 138 cm³/mol. The lowest BCUT2D eigenvalue weighted by Gasteiger charge is -2.33. The Morgan fingerprint density at radius 3 is 2.45 bits per heavy atom. The smallest absolute Gasteiger partial charge is 0.240 e. The Hall–Kier alpha value is -4.06. The Bertz CT molecular complexity index is 1540. The fourth-order valence-electron chi connectivity index (χ4n) is 6.56. The van der Waals surface area contributed by atoms with E-state index in [1.165, 1.54) is 11.8 Å². The largest absolute Gasteiger partial charge is 0.493 e. The van der Waals surface area contributed by atoms with E-state index >= 15 is 0 Å². The van der Waals surface area contributed by atoms with Crippen LogP contribution < -0.4 is 9.64 Å². The van der Waals surface area contributed by atoms with Gasteiger partial charge in [0.05, 0.1) is 47.5 Å². The number of rotatable bonds is 6. The molecule has 0 aliphatic carbocycles. The first-order valence-electron chi connectivity index (χ1n) is 12.6. The molecule has 3 aromatic carbocycles. The van der Waals surface area contributed by atoms with E-state index in [1.54, 1.807) is 61.5 Å². The van der Waals surface area contributed by atoms with Gasteiger partial charge in [-0.3, -0.25) is 14.4 Å². The monoisotopic (exact) mass is 510 g/mol. The van der Waals surface area contributed by atoms with Crippen molar-refractivity contribution in [3.05, 3.63) is 71.8 Å². The van der Waals surface area contributed by atoms with Gasteiger partial charge in [-0.2, -0.15) is 5.26 Å². The van der Waals surface area contributed by atoms with E-state index in [1.807, 2.05) is 6.07 Å². The number of ether oxygens (including phenoxy) is 2. The van der Waals surface area contributed by atoms with E-state index in [0.717, 1.165) is 0 Å². The maximum absolute atomic E-state index is 14.0. The van der Waals surface area contributed by atoms with E-state index < -0.39 is 35.0 Å². The van der Waals surface area contributed by atoms with Crippen molar-refractivity contribution in [2.75, 3.05) is 11.5 Å².